The maximum absolute atomic E-state index is 13.4. The Bertz CT molecular complexity index is 1320. The Kier molecular flexibility index (Phi) is 6.65. The SMILES string of the molecule is COc1ccc(CNC(=O)c2cc(S(=O)(=O)N3CCc4ccccc43)ccc2OC)cc1OC. The summed E-state index contributed by atoms with van der Waals surface area (Å²) < 4.78 is 44.1. The first-order valence-corrected chi connectivity index (χ1v) is 12.1. The molecule has 0 spiro atoms. The summed E-state index contributed by atoms with van der Waals surface area (Å²) in [7, 11) is 0.673. The van der Waals surface area contributed by atoms with Gasteiger partial charge in [0.25, 0.3) is 15.9 Å². The van der Waals surface area contributed by atoms with Crippen molar-refractivity contribution in [1.29, 1.82) is 0 Å². The molecule has 4 rings (SSSR count). The Morgan fingerprint density at radius 2 is 1.62 bits per heavy atom. The van der Waals surface area contributed by atoms with Crippen molar-refractivity contribution in [1.82, 2.24) is 5.32 Å². The minimum Gasteiger partial charge on any atom is -0.496 e. The summed E-state index contributed by atoms with van der Waals surface area (Å²) >= 11 is 0. The number of sulfonamides is 1. The molecule has 34 heavy (non-hydrogen) atoms. The topological polar surface area (TPSA) is 94.2 Å². The fraction of sp³-hybridized carbons (Fsp3) is 0.240. The summed E-state index contributed by atoms with van der Waals surface area (Å²) in [5, 5.41) is 2.82. The number of amides is 1. The first-order valence-electron chi connectivity index (χ1n) is 10.7. The normalized spacial score (nSPS) is 12.7. The Morgan fingerprint density at radius 3 is 2.35 bits per heavy atom. The molecule has 0 aromatic heterocycles. The summed E-state index contributed by atoms with van der Waals surface area (Å²) in [5.41, 5.74) is 2.57. The number of hydrogen-bond acceptors (Lipinski definition) is 6. The molecule has 1 heterocycles. The number of methoxy groups -OCH3 is 3. The lowest BCUT2D eigenvalue weighted by molar-refractivity contribution is 0.0947. The van der Waals surface area contributed by atoms with Crippen LogP contribution in [-0.4, -0.2) is 42.2 Å². The van der Waals surface area contributed by atoms with Gasteiger partial charge in [-0.2, -0.15) is 0 Å². The van der Waals surface area contributed by atoms with Crippen LogP contribution in [-0.2, 0) is 23.0 Å². The maximum atomic E-state index is 13.4. The maximum Gasteiger partial charge on any atom is 0.264 e. The van der Waals surface area contributed by atoms with Gasteiger partial charge >= 0.3 is 0 Å². The van der Waals surface area contributed by atoms with Crippen LogP contribution >= 0.6 is 0 Å². The van der Waals surface area contributed by atoms with Gasteiger partial charge < -0.3 is 19.5 Å². The molecule has 1 N–H and O–H groups in total. The summed E-state index contributed by atoms with van der Waals surface area (Å²) in [6, 6.07) is 17.1. The largest absolute Gasteiger partial charge is 0.496 e. The van der Waals surface area contributed by atoms with Crippen molar-refractivity contribution in [3.8, 4) is 17.2 Å². The summed E-state index contributed by atoms with van der Waals surface area (Å²) in [4.78, 5) is 13.0. The van der Waals surface area contributed by atoms with E-state index in [4.69, 9.17) is 14.2 Å². The molecule has 3 aromatic carbocycles. The zero-order valence-corrected chi connectivity index (χ0v) is 20.0. The van der Waals surface area contributed by atoms with Gasteiger partial charge in [-0.05, 0) is 53.9 Å². The van der Waals surface area contributed by atoms with Crippen LogP contribution in [0.4, 0.5) is 5.69 Å². The molecule has 0 unspecified atom stereocenters. The second kappa shape index (κ2) is 9.64. The van der Waals surface area contributed by atoms with Crippen LogP contribution in [0.25, 0.3) is 0 Å². The number of rotatable bonds is 8. The van der Waals surface area contributed by atoms with E-state index >= 15 is 0 Å². The van der Waals surface area contributed by atoms with Crippen LogP contribution in [0.5, 0.6) is 17.2 Å². The highest BCUT2D eigenvalue weighted by atomic mass is 32.2. The van der Waals surface area contributed by atoms with Gasteiger partial charge in [0, 0.05) is 13.1 Å². The third kappa shape index (κ3) is 4.38. The molecule has 0 fully saturated rings. The molecule has 0 saturated heterocycles. The summed E-state index contributed by atoms with van der Waals surface area (Å²) in [6.45, 7) is 0.563. The molecule has 0 radical (unpaired) electrons. The second-order valence-corrected chi connectivity index (χ2v) is 9.55. The van der Waals surface area contributed by atoms with E-state index in [9.17, 15) is 13.2 Å². The van der Waals surface area contributed by atoms with Gasteiger partial charge in [-0.3, -0.25) is 9.10 Å². The number of carbonyl (C=O) groups excluding carboxylic acids is 1. The van der Waals surface area contributed by atoms with E-state index in [0.29, 0.717) is 30.2 Å². The molecule has 0 saturated carbocycles. The van der Waals surface area contributed by atoms with Crippen molar-refractivity contribution in [3.63, 3.8) is 0 Å². The fourth-order valence-corrected chi connectivity index (χ4v) is 5.51. The van der Waals surface area contributed by atoms with Crippen LogP contribution in [0.2, 0.25) is 0 Å². The molecule has 9 heteroatoms. The standard InChI is InChI=1S/C25H26N2O6S/c1-31-22-11-9-19(34(29,30)27-13-12-18-6-4-5-7-21(18)27)15-20(22)25(28)26-16-17-8-10-23(32-2)24(14-17)33-3/h4-11,14-15H,12-13,16H2,1-3H3,(H,26,28). The molecule has 0 aliphatic carbocycles. The van der Waals surface area contributed by atoms with E-state index in [-0.39, 0.29) is 22.8 Å². The van der Waals surface area contributed by atoms with Crippen LogP contribution in [0.15, 0.2) is 65.6 Å². The summed E-state index contributed by atoms with van der Waals surface area (Å²) in [5.74, 6) is 0.961. The van der Waals surface area contributed by atoms with E-state index in [1.807, 2.05) is 24.3 Å². The monoisotopic (exact) mass is 482 g/mol. The molecule has 8 nitrogen and oxygen atoms in total. The number of hydrogen-bond donors (Lipinski definition) is 1. The fourth-order valence-electron chi connectivity index (χ4n) is 3.98. The van der Waals surface area contributed by atoms with E-state index in [2.05, 4.69) is 5.32 Å². The van der Waals surface area contributed by atoms with Gasteiger partial charge in [0.2, 0.25) is 0 Å². The van der Waals surface area contributed by atoms with E-state index in [0.717, 1.165) is 11.1 Å². The van der Waals surface area contributed by atoms with Crippen molar-refractivity contribution in [3.05, 3.63) is 77.4 Å². The highest BCUT2D eigenvalue weighted by Crippen LogP contribution is 2.34. The lowest BCUT2D eigenvalue weighted by atomic mass is 10.1. The molecular formula is C25H26N2O6S. The minimum atomic E-state index is -3.85. The van der Waals surface area contributed by atoms with Gasteiger partial charge in [-0.25, -0.2) is 8.42 Å². The first kappa shape index (κ1) is 23.4. The predicted molar refractivity (Wildman–Crippen MR) is 128 cm³/mol. The number of ether oxygens (including phenoxy) is 3. The Morgan fingerprint density at radius 1 is 0.912 bits per heavy atom. The first-order chi connectivity index (χ1) is 16.4. The van der Waals surface area contributed by atoms with Gasteiger partial charge in [0.1, 0.15) is 5.75 Å². The van der Waals surface area contributed by atoms with E-state index in [1.54, 1.807) is 25.3 Å². The van der Waals surface area contributed by atoms with Gasteiger partial charge in [-0.15, -0.1) is 0 Å². The Labute approximate surface area is 199 Å². The van der Waals surface area contributed by atoms with Gasteiger partial charge in [0.15, 0.2) is 11.5 Å². The van der Waals surface area contributed by atoms with Crippen LogP contribution in [0, 0.1) is 0 Å². The predicted octanol–water partition coefficient (Wildman–Crippen LogP) is 3.39. The van der Waals surface area contributed by atoms with Crippen molar-refractivity contribution in [2.75, 3.05) is 32.2 Å². The van der Waals surface area contributed by atoms with Crippen molar-refractivity contribution in [2.24, 2.45) is 0 Å². The average Bonchev–Trinajstić information content (AvgIpc) is 3.31. The van der Waals surface area contributed by atoms with Gasteiger partial charge in [-0.1, -0.05) is 24.3 Å². The molecule has 1 aliphatic rings. The third-order valence-corrected chi connectivity index (χ3v) is 7.56. The highest BCUT2D eigenvalue weighted by molar-refractivity contribution is 7.92. The van der Waals surface area contributed by atoms with Crippen LogP contribution < -0.4 is 23.8 Å². The molecule has 1 aliphatic heterocycles. The summed E-state index contributed by atoms with van der Waals surface area (Å²) in [6.07, 6.45) is 0.643. The Hall–Kier alpha value is -3.72. The lowest BCUT2D eigenvalue weighted by Gasteiger charge is -2.20. The number of nitrogens with one attached hydrogen (secondary N) is 1. The highest BCUT2D eigenvalue weighted by Gasteiger charge is 2.31. The molecule has 0 atom stereocenters. The molecule has 1 amide bonds. The number of para-hydroxylation sites is 1. The second-order valence-electron chi connectivity index (χ2n) is 7.69. The molecular weight excluding hydrogens is 456 g/mol. The number of benzene rings is 3. The van der Waals surface area contributed by atoms with Crippen LogP contribution in [0.1, 0.15) is 21.5 Å². The zero-order chi connectivity index (χ0) is 24.3. The quantitative estimate of drug-likeness (QED) is 0.529. The van der Waals surface area contributed by atoms with Gasteiger partial charge in [0.05, 0.1) is 37.5 Å². The zero-order valence-electron chi connectivity index (χ0n) is 19.2. The smallest absolute Gasteiger partial charge is 0.264 e. The molecule has 3 aromatic rings. The average molecular weight is 483 g/mol. The number of nitrogens with zero attached hydrogens (tertiary/aromatic N) is 1. The number of carbonyl (C=O) groups is 1. The number of fused-ring (bicyclic) bond motifs is 1. The van der Waals surface area contributed by atoms with Crippen molar-refractivity contribution >= 4 is 21.6 Å². The van der Waals surface area contributed by atoms with E-state index < -0.39 is 15.9 Å². The molecule has 0 bridgehead atoms. The van der Waals surface area contributed by atoms with E-state index in [1.165, 1.54) is 36.7 Å². The number of anilines is 1. The van der Waals surface area contributed by atoms with Crippen molar-refractivity contribution < 1.29 is 27.4 Å². The van der Waals surface area contributed by atoms with Crippen LogP contribution in [0.3, 0.4) is 0 Å². The van der Waals surface area contributed by atoms with Crippen molar-refractivity contribution in [2.45, 2.75) is 17.9 Å². The Balaban J connectivity index is 1.59. The lowest BCUT2D eigenvalue weighted by Crippen LogP contribution is -2.30. The molecule has 178 valence electrons. The third-order valence-electron chi connectivity index (χ3n) is 5.75. The minimum absolute atomic E-state index is 0.0290.